The van der Waals surface area contributed by atoms with Gasteiger partial charge in [0.2, 0.25) is 0 Å². The maximum atomic E-state index is 12.8. The standard InChI is InChI=1S/C17H16F2N2O2/c18-9-12(10-20)11-23-16-7-1-13(2-8-16)17(22)21-15-5-3-14(19)4-6-15/h1-9H,10-11,20H2,(H,21,22)/b12-9-. The number of halogens is 2. The van der Waals surface area contributed by atoms with Gasteiger partial charge in [-0.1, -0.05) is 0 Å². The van der Waals surface area contributed by atoms with Crippen LogP contribution in [0.5, 0.6) is 5.75 Å². The number of hydrogen-bond acceptors (Lipinski definition) is 3. The van der Waals surface area contributed by atoms with E-state index in [4.69, 9.17) is 10.5 Å². The van der Waals surface area contributed by atoms with E-state index in [0.29, 0.717) is 28.9 Å². The molecule has 0 unspecified atom stereocenters. The van der Waals surface area contributed by atoms with Gasteiger partial charge in [-0.15, -0.1) is 0 Å². The quantitative estimate of drug-likeness (QED) is 0.859. The summed E-state index contributed by atoms with van der Waals surface area (Å²) in [5.74, 6) is -0.200. The molecule has 0 spiro atoms. The van der Waals surface area contributed by atoms with Crippen molar-refractivity contribution < 1.29 is 18.3 Å². The first kappa shape index (κ1) is 16.6. The molecule has 0 fully saturated rings. The lowest BCUT2D eigenvalue weighted by Crippen LogP contribution is -2.12. The average molecular weight is 318 g/mol. The highest BCUT2D eigenvalue weighted by Gasteiger charge is 2.07. The van der Waals surface area contributed by atoms with Crippen molar-refractivity contribution in [3.63, 3.8) is 0 Å². The highest BCUT2D eigenvalue weighted by Crippen LogP contribution is 2.15. The summed E-state index contributed by atoms with van der Waals surface area (Å²) in [5.41, 5.74) is 6.58. The number of nitrogens with two attached hydrogens (primary N) is 1. The normalized spacial score (nSPS) is 11.2. The number of ether oxygens (including phenoxy) is 1. The molecule has 0 atom stereocenters. The van der Waals surface area contributed by atoms with Crippen LogP contribution in [0, 0.1) is 5.82 Å². The number of benzene rings is 2. The Hall–Kier alpha value is -2.73. The molecule has 4 nitrogen and oxygen atoms in total. The topological polar surface area (TPSA) is 64.3 Å². The van der Waals surface area contributed by atoms with Crippen LogP contribution in [0.1, 0.15) is 10.4 Å². The number of carbonyl (C=O) groups excluding carboxylic acids is 1. The van der Waals surface area contributed by atoms with Crippen LogP contribution in [0.15, 0.2) is 60.4 Å². The lowest BCUT2D eigenvalue weighted by atomic mass is 10.2. The van der Waals surface area contributed by atoms with Crippen LogP contribution in [0.25, 0.3) is 0 Å². The van der Waals surface area contributed by atoms with E-state index in [1.54, 1.807) is 24.3 Å². The van der Waals surface area contributed by atoms with Gasteiger partial charge < -0.3 is 15.8 Å². The van der Waals surface area contributed by atoms with E-state index in [2.05, 4.69) is 5.32 Å². The third-order valence-electron chi connectivity index (χ3n) is 3.06. The summed E-state index contributed by atoms with van der Waals surface area (Å²) in [5, 5.41) is 2.65. The highest BCUT2D eigenvalue weighted by atomic mass is 19.1. The number of carbonyl (C=O) groups is 1. The fraction of sp³-hybridized carbons (Fsp3) is 0.118. The first-order chi connectivity index (χ1) is 11.1. The van der Waals surface area contributed by atoms with Gasteiger partial charge in [-0.3, -0.25) is 4.79 Å². The molecule has 0 aliphatic carbocycles. The van der Waals surface area contributed by atoms with Crippen molar-refractivity contribution in [2.75, 3.05) is 18.5 Å². The summed E-state index contributed by atoms with van der Waals surface area (Å²) < 4.78 is 30.5. The monoisotopic (exact) mass is 318 g/mol. The van der Waals surface area contributed by atoms with E-state index in [-0.39, 0.29) is 24.9 Å². The van der Waals surface area contributed by atoms with Crippen molar-refractivity contribution in [3.8, 4) is 5.75 Å². The Kier molecular flexibility index (Phi) is 5.82. The molecule has 120 valence electrons. The predicted molar refractivity (Wildman–Crippen MR) is 84.5 cm³/mol. The van der Waals surface area contributed by atoms with Gasteiger partial charge in [0, 0.05) is 23.4 Å². The summed E-state index contributed by atoms with van der Waals surface area (Å²) in [6.07, 6.45) is 0.421. The molecule has 2 aromatic carbocycles. The van der Waals surface area contributed by atoms with Crippen LogP contribution in [0.2, 0.25) is 0 Å². The molecule has 3 N–H and O–H groups in total. The second-order valence-corrected chi connectivity index (χ2v) is 4.75. The molecule has 0 saturated heterocycles. The molecule has 6 heteroatoms. The summed E-state index contributed by atoms with van der Waals surface area (Å²) in [4.78, 5) is 12.0. The fourth-order valence-corrected chi connectivity index (χ4v) is 1.75. The second-order valence-electron chi connectivity index (χ2n) is 4.75. The zero-order valence-electron chi connectivity index (χ0n) is 12.3. The van der Waals surface area contributed by atoms with E-state index < -0.39 is 0 Å². The molecule has 1 amide bonds. The van der Waals surface area contributed by atoms with Crippen molar-refractivity contribution in [1.82, 2.24) is 0 Å². The van der Waals surface area contributed by atoms with E-state index in [0.717, 1.165) is 0 Å². The molecule has 23 heavy (non-hydrogen) atoms. The smallest absolute Gasteiger partial charge is 0.255 e. The van der Waals surface area contributed by atoms with Gasteiger partial charge in [0.05, 0.1) is 6.33 Å². The van der Waals surface area contributed by atoms with Crippen LogP contribution < -0.4 is 15.8 Å². The van der Waals surface area contributed by atoms with Crippen LogP contribution >= 0.6 is 0 Å². The Morgan fingerprint density at radius 1 is 1.13 bits per heavy atom. The zero-order chi connectivity index (χ0) is 16.7. The molecular weight excluding hydrogens is 302 g/mol. The molecule has 2 aromatic rings. The van der Waals surface area contributed by atoms with Crippen molar-refractivity contribution in [2.24, 2.45) is 5.73 Å². The third kappa shape index (κ3) is 4.89. The molecule has 0 radical (unpaired) electrons. The van der Waals surface area contributed by atoms with Crippen LogP contribution in [0.4, 0.5) is 14.5 Å². The Morgan fingerprint density at radius 2 is 1.78 bits per heavy atom. The average Bonchev–Trinajstić information content (AvgIpc) is 2.58. The highest BCUT2D eigenvalue weighted by molar-refractivity contribution is 6.04. The van der Waals surface area contributed by atoms with Gasteiger partial charge in [-0.25, -0.2) is 8.78 Å². The van der Waals surface area contributed by atoms with Gasteiger partial charge in [0.25, 0.3) is 5.91 Å². The molecular formula is C17H16F2N2O2. The van der Waals surface area contributed by atoms with E-state index >= 15 is 0 Å². The summed E-state index contributed by atoms with van der Waals surface area (Å²) in [6, 6.07) is 11.8. The zero-order valence-corrected chi connectivity index (χ0v) is 12.3. The van der Waals surface area contributed by atoms with E-state index in [9.17, 15) is 13.6 Å². The van der Waals surface area contributed by atoms with Gasteiger partial charge >= 0.3 is 0 Å². The minimum absolute atomic E-state index is 0.0497. The molecule has 0 bridgehead atoms. The van der Waals surface area contributed by atoms with Crippen LogP contribution in [0.3, 0.4) is 0 Å². The van der Waals surface area contributed by atoms with E-state index in [1.807, 2.05) is 0 Å². The molecule has 0 aliphatic heterocycles. The minimum atomic E-state index is -0.372. The molecule has 0 saturated carbocycles. The van der Waals surface area contributed by atoms with Gasteiger partial charge in [-0.2, -0.15) is 0 Å². The molecule has 0 aromatic heterocycles. The second kappa shape index (κ2) is 8.05. The maximum absolute atomic E-state index is 12.8. The molecule has 0 heterocycles. The molecule has 0 aliphatic rings. The Labute approximate surface area is 132 Å². The number of rotatable bonds is 6. The van der Waals surface area contributed by atoms with Gasteiger partial charge in [-0.05, 0) is 48.5 Å². The number of hydrogen-bond donors (Lipinski definition) is 2. The van der Waals surface area contributed by atoms with Crippen LogP contribution in [-0.2, 0) is 0 Å². The SMILES string of the molecule is NC/C(=C/F)COc1ccc(C(=O)Nc2ccc(F)cc2)cc1. The van der Waals surface area contributed by atoms with Crippen molar-refractivity contribution in [3.05, 3.63) is 71.8 Å². The van der Waals surface area contributed by atoms with E-state index in [1.165, 1.54) is 24.3 Å². The largest absolute Gasteiger partial charge is 0.489 e. The van der Waals surface area contributed by atoms with Crippen molar-refractivity contribution in [1.29, 1.82) is 0 Å². The van der Waals surface area contributed by atoms with Gasteiger partial charge in [0.1, 0.15) is 18.2 Å². The van der Waals surface area contributed by atoms with Crippen LogP contribution in [-0.4, -0.2) is 19.1 Å². The maximum Gasteiger partial charge on any atom is 0.255 e. The molecule has 2 rings (SSSR count). The fourth-order valence-electron chi connectivity index (χ4n) is 1.75. The van der Waals surface area contributed by atoms with Gasteiger partial charge in [0.15, 0.2) is 0 Å². The summed E-state index contributed by atoms with van der Waals surface area (Å²) >= 11 is 0. The lowest BCUT2D eigenvalue weighted by Gasteiger charge is -2.08. The summed E-state index contributed by atoms with van der Waals surface area (Å²) in [7, 11) is 0. The number of amides is 1. The summed E-state index contributed by atoms with van der Waals surface area (Å²) in [6.45, 7) is 0.128. The minimum Gasteiger partial charge on any atom is -0.489 e. The predicted octanol–water partition coefficient (Wildman–Crippen LogP) is 3.27. The Bertz CT molecular complexity index is 683. The number of anilines is 1. The Balaban J connectivity index is 1.95. The number of nitrogens with one attached hydrogen (secondary N) is 1. The third-order valence-corrected chi connectivity index (χ3v) is 3.06. The lowest BCUT2D eigenvalue weighted by molar-refractivity contribution is 0.102. The Morgan fingerprint density at radius 3 is 2.35 bits per heavy atom. The van der Waals surface area contributed by atoms with Crippen molar-refractivity contribution in [2.45, 2.75) is 0 Å². The first-order valence-electron chi connectivity index (χ1n) is 6.90. The first-order valence-corrected chi connectivity index (χ1v) is 6.90. The van der Waals surface area contributed by atoms with Crippen molar-refractivity contribution >= 4 is 11.6 Å².